The molecule has 154 valence electrons. The summed E-state index contributed by atoms with van der Waals surface area (Å²) in [6, 6.07) is 0.354. The molecule has 1 saturated heterocycles. The third-order valence-electron chi connectivity index (χ3n) is 4.39. The molecule has 2 heterocycles. The van der Waals surface area contributed by atoms with Gasteiger partial charge in [-0.1, -0.05) is 13.8 Å². The van der Waals surface area contributed by atoms with Gasteiger partial charge in [0, 0.05) is 44.6 Å². The van der Waals surface area contributed by atoms with Crippen molar-refractivity contribution in [1.82, 2.24) is 25.1 Å². The number of imidazole rings is 1. The molecule has 9 heteroatoms. The molecule has 2 rings (SSSR count). The van der Waals surface area contributed by atoms with E-state index in [-0.39, 0.29) is 29.9 Å². The number of nitrogens with zero attached hydrogens (tertiary/aromatic N) is 4. The fourth-order valence-corrected chi connectivity index (χ4v) is 3.17. The van der Waals surface area contributed by atoms with Crippen molar-refractivity contribution < 1.29 is 4.79 Å². The number of carbonyl (C=O) groups is 1. The van der Waals surface area contributed by atoms with Gasteiger partial charge in [-0.15, -0.1) is 24.0 Å². The Morgan fingerprint density at radius 2 is 2.11 bits per heavy atom. The van der Waals surface area contributed by atoms with Crippen molar-refractivity contribution in [2.45, 2.75) is 52.7 Å². The zero-order chi connectivity index (χ0) is 18.9. The Bertz CT molecular complexity index is 594. The quantitative estimate of drug-likeness (QED) is 0.288. The minimum absolute atomic E-state index is 0. The third kappa shape index (κ3) is 8.46. The molecule has 1 aromatic heterocycles. The number of piperidine rings is 1. The number of likely N-dealkylation sites (tertiary alicyclic amines) is 1. The lowest BCUT2D eigenvalue weighted by molar-refractivity contribution is -0.119. The molecule has 0 spiro atoms. The molecule has 27 heavy (non-hydrogen) atoms. The molecule has 1 fully saturated rings. The highest BCUT2D eigenvalue weighted by Gasteiger charge is 2.20. The van der Waals surface area contributed by atoms with E-state index in [0.29, 0.717) is 25.0 Å². The Kier molecular flexibility index (Phi) is 10.7. The SMILES string of the molecule is CCNC(=NCc1nccn1CC(C)C)NC1CCN(CC(N)=O)CC1.I. The van der Waals surface area contributed by atoms with Crippen LogP contribution in [0.1, 0.15) is 39.4 Å². The number of hydrogen-bond acceptors (Lipinski definition) is 4. The van der Waals surface area contributed by atoms with Gasteiger partial charge >= 0.3 is 0 Å². The molecule has 0 radical (unpaired) electrons. The summed E-state index contributed by atoms with van der Waals surface area (Å²) in [7, 11) is 0. The number of halogens is 1. The Morgan fingerprint density at radius 1 is 1.41 bits per heavy atom. The molecular formula is C18H34IN7O. The molecule has 0 aromatic carbocycles. The third-order valence-corrected chi connectivity index (χ3v) is 4.39. The molecule has 4 N–H and O–H groups in total. The molecule has 1 aliphatic heterocycles. The van der Waals surface area contributed by atoms with Crippen LogP contribution in [0.2, 0.25) is 0 Å². The lowest BCUT2D eigenvalue weighted by Crippen LogP contribution is -2.49. The number of guanidine groups is 1. The first kappa shape index (κ1) is 23.7. The number of aliphatic imine (C=N–C) groups is 1. The largest absolute Gasteiger partial charge is 0.369 e. The number of amides is 1. The van der Waals surface area contributed by atoms with Crippen LogP contribution >= 0.6 is 24.0 Å². The molecule has 1 aliphatic rings. The summed E-state index contributed by atoms with van der Waals surface area (Å²) in [5, 5.41) is 6.82. The lowest BCUT2D eigenvalue weighted by atomic mass is 10.1. The molecule has 1 amide bonds. The number of hydrogen-bond donors (Lipinski definition) is 3. The van der Waals surface area contributed by atoms with Crippen molar-refractivity contribution in [3.05, 3.63) is 18.2 Å². The lowest BCUT2D eigenvalue weighted by Gasteiger charge is -2.32. The van der Waals surface area contributed by atoms with Gasteiger partial charge in [-0.05, 0) is 25.7 Å². The molecule has 0 saturated carbocycles. The first-order valence-electron chi connectivity index (χ1n) is 9.53. The maximum Gasteiger partial charge on any atom is 0.231 e. The van der Waals surface area contributed by atoms with Crippen LogP contribution < -0.4 is 16.4 Å². The standard InChI is InChI=1S/C18H33N7O.HI/c1-4-20-18(22-11-17-21-7-10-25(17)12-14(2)3)23-15-5-8-24(9-6-15)13-16(19)26;/h7,10,14-15H,4-6,8-9,11-13H2,1-3H3,(H2,19,26)(H2,20,22,23);1H. The zero-order valence-electron chi connectivity index (χ0n) is 16.6. The van der Waals surface area contributed by atoms with Gasteiger partial charge in [0.1, 0.15) is 12.4 Å². The predicted octanol–water partition coefficient (Wildman–Crippen LogP) is 1.16. The minimum Gasteiger partial charge on any atom is -0.369 e. The Morgan fingerprint density at radius 3 is 2.70 bits per heavy atom. The molecule has 0 aliphatic carbocycles. The Balaban J connectivity index is 0.00000364. The highest BCUT2D eigenvalue weighted by molar-refractivity contribution is 14.0. The first-order valence-corrected chi connectivity index (χ1v) is 9.53. The Hall–Kier alpha value is -1.36. The fraction of sp³-hybridized carbons (Fsp3) is 0.722. The molecule has 0 unspecified atom stereocenters. The monoisotopic (exact) mass is 491 g/mol. The van der Waals surface area contributed by atoms with Gasteiger partial charge in [0.25, 0.3) is 0 Å². The van der Waals surface area contributed by atoms with E-state index in [0.717, 1.165) is 50.8 Å². The van der Waals surface area contributed by atoms with Crippen molar-refractivity contribution in [1.29, 1.82) is 0 Å². The maximum absolute atomic E-state index is 11.0. The van der Waals surface area contributed by atoms with E-state index in [4.69, 9.17) is 10.7 Å². The summed E-state index contributed by atoms with van der Waals surface area (Å²) in [5.41, 5.74) is 5.27. The predicted molar refractivity (Wildman–Crippen MR) is 119 cm³/mol. The van der Waals surface area contributed by atoms with Crippen LogP contribution in [0.5, 0.6) is 0 Å². The van der Waals surface area contributed by atoms with Crippen LogP contribution in [0.3, 0.4) is 0 Å². The van der Waals surface area contributed by atoms with Gasteiger partial charge in [0.2, 0.25) is 5.91 Å². The van der Waals surface area contributed by atoms with Crippen LogP contribution in [0, 0.1) is 5.92 Å². The maximum atomic E-state index is 11.0. The van der Waals surface area contributed by atoms with Gasteiger partial charge < -0.3 is 20.9 Å². The van der Waals surface area contributed by atoms with Crippen LogP contribution in [-0.4, -0.2) is 58.5 Å². The molecule has 0 atom stereocenters. The second kappa shape index (κ2) is 12.2. The molecule has 1 aromatic rings. The highest BCUT2D eigenvalue weighted by atomic mass is 127. The zero-order valence-corrected chi connectivity index (χ0v) is 19.0. The summed E-state index contributed by atoms with van der Waals surface area (Å²) in [6.45, 7) is 10.9. The van der Waals surface area contributed by atoms with Crippen molar-refractivity contribution in [2.75, 3.05) is 26.2 Å². The Labute approximate surface area is 179 Å². The fourth-order valence-electron chi connectivity index (χ4n) is 3.17. The van der Waals surface area contributed by atoms with E-state index >= 15 is 0 Å². The topological polar surface area (TPSA) is 101 Å². The molecule has 0 bridgehead atoms. The van der Waals surface area contributed by atoms with E-state index in [2.05, 4.69) is 45.9 Å². The molecule has 8 nitrogen and oxygen atoms in total. The van der Waals surface area contributed by atoms with Gasteiger partial charge in [0.15, 0.2) is 5.96 Å². The number of rotatable bonds is 8. The van der Waals surface area contributed by atoms with Crippen LogP contribution in [-0.2, 0) is 17.9 Å². The first-order chi connectivity index (χ1) is 12.5. The summed E-state index contributed by atoms with van der Waals surface area (Å²) < 4.78 is 2.17. The average Bonchev–Trinajstić information content (AvgIpc) is 3.00. The normalized spacial score (nSPS) is 16.2. The van der Waals surface area contributed by atoms with Gasteiger partial charge in [-0.3, -0.25) is 9.69 Å². The van der Waals surface area contributed by atoms with E-state index in [1.807, 2.05) is 12.4 Å². The average molecular weight is 491 g/mol. The van der Waals surface area contributed by atoms with E-state index in [9.17, 15) is 4.79 Å². The molecular weight excluding hydrogens is 457 g/mol. The van der Waals surface area contributed by atoms with Gasteiger partial charge in [-0.25, -0.2) is 9.98 Å². The van der Waals surface area contributed by atoms with Gasteiger partial charge in [-0.2, -0.15) is 0 Å². The highest BCUT2D eigenvalue weighted by Crippen LogP contribution is 2.10. The summed E-state index contributed by atoms with van der Waals surface area (Å²) in [5.74, 6) is 2.11. The van der Waals surface area contributed by atoms with Gasteiger partial charge in [0.05, 0.1) is 6.54 Å². The second-order valence-corrected chi connectivity index (χ2v) is 7.25. The van der Waals surface area contributed by atoms with E-state index in [1.165, 1.54) is 0 Å². The van der Waals surface area contributed by atoms with E-state index in [1.54, 1.807) is 0 Å². The number of carbonyl (C=O) groups excluding carboxylic acids is 1. The smallest absolute Gasteiger partial charge is 0.231 e. The van der Waals surface area contributed by atoms with Crippen LogP contribution in [0.15, 0.2) is 17.4 Å². The summed E-state index contributed by atoms with van der Waals surface area (Å²) in [4.78, 5) is 22.3. The summed E-state index contributed by atoms with van der Waals surface area (Å²) in [6.07, 6.45) is 5.79. The minimum atomic E-state index is -0.261. The number of nitrogens with one attached hydrogen (secondary N) is 2. The van der Waals surface area contributed by atoms with Crippen molar-refractivity contribution >= 4 is 35.8 Å². The van der Waals surface area contributed by atoms with Crippen molar-refractivity contribution in [2.24, 2.45) is 16.6 Å². The second-order valence-electron chi connectivity index (χ2n) is 7.25. The number of primary amides is 1. The van der Waals surface area contributed by atoms with Crippen LogP contribution in [0.4, 0.5) is 0 Å². The van der Waals surface area contributed by atoms with Crippen LogP contribution in [0.25, 0.3) is 0 Å². The number of nitrogens with two attached hydrogens (primary N) is 1. The van der Waals surface area contributed by atoms with Crippen molar-refractivity contribution in [3.8, 4) is 0 Å². The van der Waals surface area contributed by atoms with Crippen molar-refractivity contribution in [3.63, 3.8) is 0 Å². The number of aromatic nitrogens is 2. The summed E-state index contributed by atoms with van der Waals surface area (Å²) >= 11 is 0. The van der Waals surface area contributed by atoms with E-state index < -0.39 is 0 Å².